The van der Waals surface area contributed by atoms with Gasteiger partial charge in [-0.1, -0.05) is 12.8 Å². The van der Waals surface area contributed by atoms with Gasteiger partial charge in [-0.2, -0.15) is 0 Å². The normalized spacial score (nSPS) is 24.7. The van der Waals surface area contributed by atoms with Crippen molar-refractivity contribution in [3.8, 4) is 0 Å². The lowest BCUT2D eigenvalue weighted by Gasteiger charge is -2.38. The fraction of sp³-hybridized carbons (Fsp3) is 0.917. The van der Waals surface area contributed by atoms with Crippen molar-refractivity contribution >= 4 is 5.96 Å². The number of rotatable bonds is 5. The van der Waals surface area contributed by atoms with Gasteiger partial charge in [0.15, 0.2) is 5.96 Å². The Hall–Kier alpha value is -0.770. The highest BCUT2D eigenvalue weighted by atomic mass is 16.3. The van der Waals surface area contributed by atoms with Crippen molar-refractivity contribution in [2.45, 2.75) is 38.5 Å². The molecule has 0 atom stereocenters. The molecule has 0 heterocycles. The van der Waals surface area contributed by atoms with Crippen LogP contribution >= 0.6 is 0 Å². The van der Waals surface area contributed by atoms with Crippen molar-refractivity contribution in [1.29, 1.82) is 0 Å². The Kier molecular flexibility index (Phi) is 3.69. The first kappa shape index (κ1) is 11.7. The maximum absolute atomic E-state index is 9.28. The van der Waals surface area contributed by atoms with Crippen molar-refractivity contribution in [2.75, 3.05) is 19.7 Å². The summed E-state index contributed by atoms with van der Waals surface area (Å²) in [6.45, 7) is 1.88. The topological polar surface area (TPSA) is 70.6 Å². The number of aliphatic hydroxyl groups excluding tert-OH is 1. The molecule has 0 radical (unpaired) electrons. The third-order valence-corrected chi connectivity index (χ3v) is 4.13. The number of aliphatic imine (C=N–C) groups is 1. The number of hydrogen-bond acceptors (Lipinski definition) is 2. The van der Waals surface area contributed by atoms with Crippen LogP contribution in [0.1, 0.15) is 38.5 Å². The molecule has 0 saturated heterocycles. The van der Waals surface area contributed by atoms with Crippen LogP contribution in [0.4, 0.5) is 0 Å². The Morgan fingerprint density at radius 2 is 2.12 bits per heavy atom. The molecule has 2 rings (SSSR count). The van der Waals surface area contributed by atoms with Gasteiger partial charge in [0.25, 0.3) is 0 Å². The molecule has 2 aliphatic carbocycles. The molecule has 0 bridgehead atoms. The quantitative estimate of drug-likeness (QED) is 0.480. The molecule has 4 nitrogen and oxygen atoms in total. The summed E-state index contributed by atoms with van der Waals surface area (Å²) in [4.78, 5) is 4.34. The van der Waals surface area contributed by atoms with Gasteiger partial charge in [-0.3, -0.25) is 4.99 Å². The second kappa shape index (κ2) is 5.04. The van der Waals surface area contributed by atoms with Gasteiger partial charge in [-0.05, 0) is 31.6 Å². The summed E-state index contributed by atoms with van der Waals surface area (Å²) in [6.07, 6.45) is 7.38. The lowest BCUT2D eigenvalue weighted by Crippen LogP contribution is -2.40. The van der Waals surface area contributed by atoms with Gasteiger partial charge in [-0.25, -0.2) is 0 Å². The zero-order chi connectivity index (χ0) is 11.4. The summed E-state index contributed by atoms with van der Waals surface area (Å²) in [7, 11) is 0. The molecule has 0 spiro atoms. The van der Waals surface area contributed by atoms with Crippen molar-refractivity contribution in [3.05, 3.63) is 0 Å². The number of nitrogens with zero attached hydrogens (tertiary/aromatic N) is 1. The minimum atomic E-state index is 0.0444. The molecule has 2 aliphatic rings. The van der Waals surface area contributed by atoms with Crippen LogP contribution in [-0.2, 0) is 0 Å². The predicted molar refractivity (Wildman–Crippen MR) is 65.2 cm³/mol. The standard InChI is InChI=1S/C12H23N3O/c13-11(14-7-10-3-1-4-10)15-8-12(9-16)5-2-6-12/h10,16H,1-9H2,(H3,13,14,15). The minimum absolute atomic E-state index is 0.0444. The van der Waals surface area contributed by atoms with Crippen LogP contribution < -0.4 is 11.1 Å². The molecule has 4 heteroatoms. The summed E-state index contributed by atoms with van der Waals surface area (Å²) in [5, 5.41) is 12.5. The second-order valence-corrected chi connectivity index (χ2v) is 5.39. The van der Waals surface area contributed by atoms with Gasteiger partial charge in [0.1, 0.15) is 0 Å². The Bertz CT molecular complexity index is 251. The van der Waals surface area contributed by atoms with E-state index in [-0.39, 0.29) is 12.0 Å². The highest BCUT2D eigenvalue weighted by molar-refractivity contribution is 5.77. The van der Waals surface area contributed by atoms with Gasteiger partial charge in [0, 0.05) is 12.0 Å². The molecular formula is C12H23N3O. The number of hydrogen-bond donors (Lipinski definition) is 3. The Morgan fingerprint density at radius 3 is 2.56 bits per heavy atom. The van der Waals surface area contributed by atoms with E-state index in [1.807, 2.05) is 0 Å². The van der Waals surface area contributed by atoms with Crippen LogP contribution in [0.5, 0.6) is 0 Å². The Morgan fingerprint density at radius 1 is 1.38 bits per heavy atom. The van der Waals surface area contributed by atoms with Gasteiger partial charge in [-0.15, -0.1) is 0 Å². The SMILES string of the molecule is NC(=NCC1(CO)CCC1)NCC1CCC1. The molecule has 92 valence electrons. The van der Waals surface area contributed by atoms with E-state index in [9.17, 15) is 5.11 Å². The first-order chi connectivity index (χ1) is 7.74. The molecule has 16 heavy (non-hydrogen) atoms. The summed E-state index contributed by atoms with van der Waals surface area (Å²) in [5.41, 5.74) is 5.84. The van der Waals surface area contributed by atoms with Gasteiger partial charge < -0.3 is 16.2 Å². The fourth-order valence-electron chi connectivity index (χ4n) is 2.30. The van der Waals surface area contributed by atoms with Crippen LogP contribution in [0.3, 0.4) is 0 Å². The van der Waals surface area contributed by atoms with Crippen LogP contribution in [-0.4, -0.2) is 30.8 Å². The Balaban J connectivity index is 1.68. The van der Waals surface area contributed by atoms with Gasteiger partial charge in [0.2, 0.25) is 0 Å². The number of aliphatic hydroxyl groups is 1. The molecule has 2 fully saturated rings. The van der Waals surface area contributed by atoms with Crippen LogP contribution in [0, 0.1) is 11.3 Å². The largest absolute Gasteiger partial charge is 0.396 e. The first-order valence-electron chi connectivity index (χ1n) is 6.39. The van der Waals surface area contributed by atoms with E-state index in [1.165, 1.54) is 25.7 Å². The summed E-state index contributed by atoms with van der Waals surface area (Å²) < 4.78 is 0. The third-order valence-electron chi connectivity index (χ3n) is 4.13. The van der Waals surface area contributed by atoms with Crippen molar-refractivity contribution < 1.29 is 5.11 Å². The Labute approximate surface area is 97.3 Å². The molecule has 0 unspecified atom stereocenters. The van der Waals surface area contributed by atoms with Crippen molar-refractivity contribution in [1.82, 2.24) is 5.32 Å². The molecule has 0 amide bonds. The smallest absolute Gasteiger partial charge is 0.188 e. The van der Waals surface area contributed by atoms with Crippen molar-refractivity contribution in [3.63, 3.8) is 0 Å². The molecule has 4 N–H and O–H groups in total. The predicted octanol–water partition coefficient (Wildman–Crippen LogP) is 0.853. The maximum atomic E-state index is 9.28. The first-order valence-corrected chi connectivity index (χ1v) is 6.39. The number of nitrogens with two attached hydrogens (primary N) is 1. The van der Waals surface area contributed by atoms with E-state index in [1.54, 1.807) is 0 Å². The molecular weight excluding hydrogens is 202 g/mol. The summed E-state index contributed by atoms with van der Waals surface area (Å²) >= 11 is 0. The van der Waals surface area contributed by atoms with E-state index in [0.717, 1.165) is 25.3 Å². The molecule has 0 aromatic carbocycles. The zero-order valence-corrected chi connectivity index (χ0v) is 9.91. The monoisotopic (exact) mass is 225 g/mol. The number of guanidine groups is 1. The zero-order valence-electron chi connectivity index (χ0n) is 9.91. The number of nitrogens with one attached hydrogen (secondary N) is 1. The fourth-order valence-corrected chi connectivity index (χ4v) is 2.30. The van der Waals surface area contributed by atoms with E-state index in [2.05, 4.69) is 10.3 Å². The maximum Gasteiger partial charge on any atom is 0.188 e. The van der Waals surface area contributed by atoms with Crippen molar-refractivity contribution in [2.24, 2.45) is 22.1 Å². The summed E-state index contributed by atoms with van der Waals surface area (Å²) in [6, 6.07) is 0. The average molecular weight is 225 g/mol. The average Bonchev–Trinajstić information content (AvgIpc) is 2.14. The molecule has 0 aliphatic heterocycles. The lowest BCUT2D eigenvalue weighted by molar-refractivity contribution is 0.0539. The van der Waals surface area contributed by atoms with E-state index in [0.29, 0.717) is 12.5 Å². The highest BCUT2D eigenvalue weighted by Crippen LogP contribution is 2.40. The minimum Gasteiger partial charge on any atom is -0.396 e. The second-order valence-electron chi connectivity index (χ2n) is 5.39. The third kappa shape index (κ3) is 2.67. The highest BCUT2D eigenvalue weighted by Gasteiger charge is 2.36. The molecule has 0 aromatic heterocycles. The van der Waals surface area contributed by atoms with Gasteiger partial charge >= 0.3 is 0 Å². The molecule has 2 saturated carbocycles. The molecule has 0 aromatic rings. The summed E-state index contributed by atoms with van der Waals surface area (Å²) in [5.74, 6) is 1.34. The van der Waals surface area contributed by atoms with E-state index in [4.69, 9.17) is 5.73 Å². The van der Waals surface area contributed by atoms with Crippen LogP contribution in [0.25, 0.3) is 0 Å². The van der Waals surface area contributed by atoms with E-state index >= 15 is 0 Å². The van der Waals surface area contributed by atoms with Gasteiger partial charge in [0.05, 0.1) is 13.2 Å². The van der Waals surface area contributed by atoms with Crippen LogP contribution in [0.15, 0.2) is 4.99 Å². The lowest BCUT2D eigenvalue weighted by atomic mass is 9.69. The van der Waals surface area contributed by atoms with Crippen LogP contribution in [0.2, 0.25) is 0 Å². The van der Waals surface area contributed by atoms with E-state index < -0.39 is 0 Å².